The molecule has 1 aliphatic heterocycles. The van der Waals surface area contributed by atoms with Gasteiger partial charge in [0.2, 0.25) is 0 Å². The van der Waals surface area contributed by atoms with Gasteiger partial charge in [0.15, 0.2) is 6.29 Å². The van der Waals surface area contributed by atoms with Gasteiger partial charge in [0.1, 0.15) is 11.9 Å². The average Bonchev–Trinajstić information content (AvgIpc) is 2.63. The number of para-hydroxylation sites is 1. The van der Waals surface area contributed by atoms with E-state index in [-0.39, 0.29) is 12.0 Å². The summed E-state index contributed by atoms with van der Waals surface area (Å²) in [7, 11) is 0. The van der Waals surface area contributed by atoms with Gasteiger partial charge in [0.05, 0.1) is 16.1 Å². The highest BCUT2D eigenvalue weighted by molar-refractivity contribution is 6.33. The smallest absolute Gasteiger partial charge is 0.255 e. The Hall–Kier alpha value is -2.33. The second-order valence-corrected chi connectivity index (χ2v) is 6.15. The van der Waals surface area contributed by atoms with E-state index in [1.54, 1.807) is 29.2 Å². The summed E-state index contributed by atoms with van der Waals surface area (Å²) in [6, 6.07) is 14.3. The molecule has 1 amide bonds. The second kappa shape index (κ2) is 7.49. The number of rotatable bonds is 4. The van der Waals surface area contributed by atoms with Crippen molar-refractivity contribution in [2.24, 2.45) is 0 Å². The molecule has 0 saturated carbocycles. The second-order valence-electron chi connectivity index (χ2n) is 5.74. The third-order valence-corrected chi connectivity index (χ3v) is 4.50. The van der Waals surface area contributed by atoms with Gasteiger partial charge in [-0.15, -0.1) is 0 Å². The highest BCUT2D eigenvalue weighted by Gasteiger charge is 2.26. The van der Waals surface area contributed by atoms with Crippen LogP contribution in [0.25, 0.3) is 0 Å². The molecule has 2 aromatic carbocycles. The fraction of sp³-hybridized carbons (Fsp3) is 0.263. The largest absolute Gasteiger partial charge is 0.490 e. The minimum absolute atomic E-state index is 0.00129. The van der Waals surface area contributed by atoms with Crippen LogP contribution in [0.5, 0.6) is 5.75 Å². The monoisotopic (exact) mass is 343 g/mol. The first kappa shape index (κ1) is 16.5. The molecule has 1 saturated heterocycles. The number of hydrogen-bond donors (Lipinski definition) is 0. The Morgan fingerprint density at radius 1 is 1.08 bits per heavy atom. The molecule has 0 atom stereocenters. The van der Waals surface area contributed by atoms with Gasteiger partial charge in [-0.05, 0) is 24.3 Å². The van der Waals surface area contributed by atoms with Crippen molar-refractivity contribution < 1.29 is 14.3 Å². The molecule has 1 aliphatic rings. The number of ether oxygens (including phenoxy) is 1. The maximum Gasteiger partial charge on any atom is 0.255 e. The number of hydrogen-bond acceptors (Lipinski definition) is 3. The predicted octanol–water partition coefficient (Wildman–Crippen LogP) is 3.84. The number of benzene rings is 2. The number of piperidine rings is 1. The van der Waals surface area contributed by atoms with Crippen LogP contribution in [0, 0.1) is 0 Å². The van der Waals surface area contributed by atoms with Crippen LogP contribution in [0.2, 0.25) is 5.02 Å². The number of halogens is 1. The molecule has 5 heteroatoms. The van der Waals surface area contributed by atoms with Crippen LogP contribution < -0.4 is 4.74 Å². The van der Waals surface area contributed by atoms with E-state index in [4.69, 9.17) is 16.3 Å². The van der Waals surface area contributed by atoms with E-state index in [1.807, 2.05) is 24.3 Å². The van der Waals surface area contributed by atoms with Crippen molar-refractivity contribution in [2.45, 2.75) is 18.9 Å². The molecule has 0 radical (unpaired) electrons. The first-order chi connectivity index (χ1) is 11.7. The Morgan fingerprint density at radius 2 is 1.75 bits per heavy atom. The summed E-state index contributed by atoms with van der Waals surface area (Å²) in [6.45, 7) is 1.22. The van der Waals surface area contributed by atoms with E-state index in [1.165, 1.54) is 0 Å². The molecule has 4 nitrogen and oxygen atoms in total. The SMILES string of the molecule is O=Cc1ccccc1OC1CCN(C(=O)c2ccccc2Cl)CC1. The Morgan fingerprint density at radius 3 is 2.46 bits per heavy atom. The molecular weight excluding hydrogens is 326 g/mol. The number of carbonyl (C=O) groups excluding carboxylic acids is 2. The normalized spacial score (nSPS) is 15.1. The van der Waals surface area contributed by atoms with Crippen LogP contribution in [-0.2, 0) is 0 Å². The first-order valence-electron chi connectivity index (χ1n) is 7.93. The van der Waals surface area contributed by atoms with Gasteiger partial charge in [0.25, 0.3) is 5.91 Å². The van der Waals surface area contributed by atoms with Gasteiger partial charge in [0, 0.05) is 25.9 Å². The summed E-state index contributed by atoms with van der Waals surface area (Å²) in [5, 5.41) is 0.473. The highest BCUT2D eigenvalue weighted by Crippen LogP contribution is 2.24. The maximum atomic E-state index is 12.5. The standard InChI is InChI=1S/C19H18ClNO3/c20-17-7-3-2-6-16(17)19(23)21-11-9-15(10-12-21)24-18-8-4-1-5-14(18)13-22/h1-8,13,15H,9-12H2. The van der Waals surface area contributed by atoms with Crippen LogP contribution in [0.4, 0.5) is 0 Å². The van der Waals surface area contributed by atoms with E-state index in [9.17, 15) is 9.59 Å². The van der Waals surface area contributed by atoms with E-state index >= 15 is 0 Å². The molecule has 0 aliphatic carbocycles. The number of nitrogens with zero attached hydrogens (tertiary/aromatic N) is 1. The Labute approximate surface area is 146 Å². The third-order valence-electron chi connectivity index (χ3n) is 4.17. The van der Waals surface area contributed by atoms with Crippen LogP contribution in [0.15, 0.2) is 48.5 Å². The van der Waals surface area contributed by atoms with E-state index in [0.29, 0.717) is 35.0 Å². The highest BCUT2D eigenvalue weighted by atomic mass is 35.5. The van der Waals surface area contributed by atoms with E-state index in [0.717, 1.165) is 19.1 Å². The van der Waals surface area contributed by atoms with Gasteiger partial charge >= 0.3 is 0 Å². The molecular formula is C19H18ClNO3. The molecule has 0 aromatic heterocycles. The Kier molecular flexibility index (Phi) is 5.16. The van der Waals surface area contributed by atoms with Crippen LogP contribution in [0.1, 0.15) is 33.6 Å². The Balaban J connectivity index is 1.61. The van der Waals surface area contributed by atoms with Crippen LogP contribution in [0.3, 0.4) is 0 Å². The molecule has 124 valence electrons. The summed E-state index contributed by atoms with van der Waals surface area (Å²) in [5.74, 6) is 0.552. The predicted molar refractivity (Wildman–Crippen MR) is 92.8 cm³/mol. The molecule has 24 heavy (non-hydrogen) atoms. The maximum absolute atomic E-state index is 12.5. The van der Waals surface area contributed by atoms with Crippen molar-refractivity contribution in [2.75, 3.05) is 13.1 Å². The fourth-order valence-corrected chi connectivity index (χ4v) is 3.06. The molecule has 0 N–H and O–H groups in total. The van der Waals surface area contributed by atoms with E-state index in [2.05, 4.69) is 0 Å². The Bertz CT molecular complexity index is 739. The first-order valence-corrected chi connectivity index (χ1v) is 8.31. The van der Waals surface area contributed by atoms with Gasteiger partial charge in [-0.3, -0.25) is 9.59 Å². The van der Waals surface area contributed by atoms with Gasteiger partial charge < -0.3 is 9.64 Å². The summed E-state index contributed by atoms with van der Waals surface area (Å²) < 4.78 is 5.94. The molecule has 2 aromatic rings. The van der Waals surface area contributed by atoms with Crippen LogP contribution in [-0.4, -0.2) is 36.3 Å². The zero-order chi connectivity index (χ0) is 16.9. The molecule has 3 rings (SSSR count). The lowest BCUT2D eigenvalue weighted by Crippen LogP contribution is -2.41. The van der Waals surface area contributed by atoms with E-state index < -0.39 is 0 Å². The lowest BCUT2D eigenvalue weighted by atomic mass is 10.1. The summed E-state index contributed by atoms with van der Waals surface area (Å²) in [5.41, 5.74) is 1.08. The van der Waals surface area contributed by atoms with Crippen molar-refractivity contribution in [3.63, 3.8) is 0 Å². The molecule has 1 heterocycles. The lowest BCUT2D eigenvalue weighted by molar-refractivity contribution is 0.0594. The molecule has 1 fully saturated rings. The zero-order valence-electron chi connectivity index (χ0n) is 13.2. The fourth-order valence-electron chi connectivity index (χ4n) is 2.85. The summed E-state index contributed by atoms with van der Waals surface area (Å²) >= 11 is 6.10. The van der Waals surface area contributed by atoms with Crippen molar-refractivity contribution in [1.82, 2.24) is 4.90 Å². The quantitative estimate of drug-likeness (QED) is 0.792. The summed E-state index contributed by atoms with van der Waals surface area (Å²) in [6.07, 6.45) is 2.25. The molecule has 0 spiro atoms. The van der Waals surface area contributed by atoms with Crippen molar-refractivity contribution in [3.8, 4) is 5.75 Å². The number of aldehydes is 1. The third kappa shape index (κ3) is 3.60. The number of carbonyl (C=O) groups is 2. The van der Waals surface area contributed by atoms with Gasteiger partial charge in [-0.2, -0.15) is 0 Å². The minimum atomic E-state index is -0.0488. The average molecular weight is 344 g/mol. The molecule has 0 unspecified atom stereocenters. The number of amides is 1. The lowest BCUT2D eigenvalue weighted by Gasteiger charge is -2.32. The molecule has 0 bridgehead atoms. The minimum Gasteiger partial charge on any atom is -0.490 e. The number of likely N-dealkylation sites (tertiary alicyclic amines) is 1. The van der Waals surface area contributed by atoms with Crippen LogP contribution >= 0.6 is 11.6 Å². The zero-order valence-corrected chi connectivity index (χ0v) is 13.9. The van der Waals surface area contributed by atoms with Crippen molar-refractivity contribution >= 4 is 23.8 Å². The van der Waals surface area contributed by atoms with Crippen molar-refractivity contribution in [1.29, 1.82) is 0 Å². The van der Waals surface area contributed by atoms with Gasteiger partial charge in [-0.1, -0.05) is 35.9 Å². The summed E-state index contributed by atoms with van der Waals surface area (Å²) in [4.78, 5) is 25.4. The van der Waals surface area contributed by atoms with Crippen molar-refractivity contribution in [3.05, 3.63) is 64.7 Å². The van der Waals surface area contributed by atoms with Gasteiger partial charge in [-0.25, -0.2) is 0 Å². The topological polar surface area (TPSA) is 46.6 Å².